The number of anilines is 1. The van der Waals surface area contributed by atoms with Crippen LogP contribution in [-0.4, -0.2) is 38.7 Å². The SMILES string of the molecule is COC(=O)c1cscc1NC(=O)[C@@H](CBr)O[Si](c1ccccc1)(c1ccccc1)C(C)(C)C. The van der Waals surface area contributed by atoms with Crippen LogP contribution in [0.15, 0.2) is 71.4 Å². The van der Waals surface area contributed by atoms with Crippen LogP contribution in [0.25, 0.3) is 0 Å². The molecule has 0 aliphatic heterocycles. The van der Waals surface area contributed by atoms with E-state index in [2.05, 4.69) is 66.3 Å². The Bertz CT molecular complexity index is 1040. The third-order valence-electron chi connectivity index (χ3n) is 5.49. The maximum Gasteiger partial charge on any atom is 0.340 e. The van der Waals surface area contributed by atoms with Gasteiger partial charge in [-0.25, -0.2) is 4.79 Å². The summed E-state index contributed by atoms with van der Waals surface area (Å²) < 4.78 is 11.8. The second-order valence-electron chi connectivity index (χ2n) is 8.60. The van der Waals surface area contributed by atoms with Gasteiger partial charge in [-0.15, -0.1) is 11.3 Å². The van der Waals surface area contributed by atoms with Gasteiger partial charge in [-0.3, -0.25) is 4.79 Å². The molecule has 0 fully saturated rings. The van der Waals surface area contributed by atoms with E-state index in [0.717, 1.165) is 10.4 Å². The first kappa shape index (κ1) is 25.4. The fourth-order valence-electron chi connectivity index (χ4n) is 3.93. The topological polar surface area (TPSA) is 64.6 Å². The molecule has 1 N–H and O–H groups in total. The van der Waals surface area contributed by atoms with Crippen molar-refractivity contribution in [3.05, 3.63) is 77.0 Å². The number of rotatable bonds is 8. The third-order valence-corrected chi connectivity index (χ3v) is 11.9. The van der Waals surface area contributed by atoms with Crippen molar-refractivity contribution in [2.24, 2.45) is 0 Å². The van der Waals surface area contributed by atoms with Gasteiger partial charge < -0.3 is 14.5 Å². The van der Waals surface area contributed by atoms with Gasteiger partial charge in [0.05, 0.1) is 18.4 Å². The fraction of sp³-hybridized carbons (Fsp3) is 0.280. The number of benzene rings is 2. The van der Waals surface area contributed by atoms with E-state index in [-0.39, 0.29) is 10.9 Å². The molecule has 2 aromatic carbocycles. The zero-order valence-corrected chi connectivity index (χ0v) is 22.5. The van der Waals surface area contributed by atoms with Crippen molar-refractivity contribution >= 4 is 63.5 Å². The first-order valence-corrected chi connectivity index (χ1v) is 14.5. The molecule has 5 nitrogen and oxygen atoms in total. The van der Waals surface area contributed by atoms with Crippen LogP contribution in [0.2, 0.25) is 5.04 Å². The number of hydrogen-bond acceptors (Lipinski definition) is 5. The molecule has 0 aliphatic carbocycles. The van der Waals surface area contributed by atoms with Crippen molar-refractivity contribution in [2.45, 2.75) is 31.9 Å². The lowest BCUT2D eigenvalue weighted by Crippen LogP contribution is -2.68. The van der Waals surface area contributed by atoms with E-state index in [0.29, 0.717) is 16.6 Å². The number of amides is 1. The number of esters is 1. The molecular formula is C25H28BrNO4SSi. The zero-order valence-electron chi connectivity index (χ0n) is 19.1. The summed E-state index contributed by atoms with van der Waals surface area (Å²) in [5.74, 6) is -0.807. The minimum Gasteiger partial charge on any atom is -0.465 e. The van der Waals surface area contributed by atoms with Crippen molar-refractivity contribution in [1.29, 1.82) is 0 Å². The van der Waals surface area contributed by atoms with Crippen LogP contribution in [0.1, 0.15) is 31.1 Å². The molecular weight excluding hydrogens is 518 g/mol. The van der Waals surface area contributed by atoms with Gasteiger partial charge in [0, 0.05) is 16.1 Å². The van der Waals surface area contributed by atoms with E-state index in [1.54, 1.807) is 10.8 Å². The Labute approximate surface area is 208 Å². The molecule has 0 unspecified atom stereocenters. The number of methoxy groups -OCH3 is 1. The fourth-order valence-corrected chi connectivity index (χ4v) is 9.99. The van der Waals surface area contributed by atoms with E-state index in [4.69, 9.17) is 9.16 Å². The lowest BCUT2D eigenvalue weighted by molar-refractivity contribution is -0.122. The highest BCUT2D eigenvalue weighted by molar-refractivity contribution is 9.09. The van der Waals surface area contributed by atoms with Gasteiger partial charge >= 0.3 is 5.97 Å². The normalized spacial score (nSPS) is 12.8. The lowest BCUT2D eigenvalue weighted by Gasteiger charge is -2.44. The largest absolute Gasteiger partial charge is 0.465 e. The summed E-state index contributed by atoms with van der Waals surface area (Å²) in [5.41, 5.74) is 0.753. The maximum absolute atomic E-state index is 13.4. The number of ether oxygens (including phenoxy) is 1. The van der Waals surface area contributed by atoms with Crippen LogP contribution >= 0.6 is 27.3 Å². The smallest absolute Gasteiger partial charge is 0.340 e. The van der Waals surface area contributed by atoms with Crippen molar-refractivity contribution in [3.8, 4) is 0 Å². The van der Waals surface area contributed by atoms with Crippen molar-refractivity contribution < 1.29 is 18.8 Å². The molecule has 33 heavy (non-hydrogen) atoms. The predicted molar refractivity (Wildman–Crippen MR) is 141 cm³/mol. The lowest BCUT2D eigenvalue weighted by atomic mass is 10.2. The summed E-state index contributed by atoms with van der Waals surface area (Å²) in [6.07, 6.45) is -0.776. The molecule has 8 heteroatoms. The monoisotopic (exact) mass is 545 g/mol. The first-order chi connectivity index (χ1) is 15.7. The Hall–Kier alpha value is -2.26. The van der Waals surface area contributed by atoms with E-state index in [1.165, 1.54) is 18.4 Å². The minimum atomic E-state index is -2.92. The average Bonchev–Trinajstić information content (AvgIpc) is 3.27. The van der Waals surface area contributed by atoms with E-state index in [9.17, 15) is 9.59 Å². The summed E-state index contributed by atoms with van der Waals surface area (Å²) in [6, 6.07) is 20.3. The van der Waals surface area contributed by atoms with Crippen LogP contribution in [0, 0.1) is 0 Å². The Morgan fingerprint density at radius 3 is 2.00 bits per heavy atom. The van der Waals surface area contributed by atoms with Crippen LogP contribution in [0.5, 0.6) is 0 Å². The third kappa shape index (κ3) is 5.29. The highest BCUT2D eigenvalue weighted by Gasteiger charge is 2.52. The maximum atomic E-state index is 13.4. The molecule has 0 radical (unpaired) electrons. The predicted octanol–water partition coefficient (Wildman–Crippen LogP) is 4.81. The number of halogens is 1. The van der Waals surface area contributed by atoms with Gasteiger partial charge in [-0.2, -0.15) is 0 Å². The second kappa shape index (κ2) is 10.8. The molecule has 1 aromatic heterocycles. The summed E-state index contributed by atoms with van der Waals surface area (Å²) in [4.78, 5) is 25.4. The summed E-state index contributed by atoms with van der Waals surface area (Å²) in [6.45, 7) is 6.49. The number of alkyl halides is 1. The molecule has 1 atom stereocenters. The quantitative estimate of drug-likeness (QED) is 0.250. The van der Waals surface area contributed by atoms with Crippen LogP contribution in [0.4, 0.5) is 5.69 Å². The van der Waals surface area contributed by atoms with Gasteiger partial charge in [0.15, 0.2) is 0 Å². The summed E-state index contributed by atoms with van der Waals surface area (Å²) >= 11 is 4.82. The minimum absolute atomic E-state index is 0.268. The van der Waals surface area contributed by atoms with Gasteiger partial charge in [-0.1, -0.05) is 97.4 Å². The zero-order chi connectivity index (χ0) is 24.1. The average molecular weight is 547 g/mol. The highest BCUT2D eigenvalue weighted by atomic mass is 79.9. The van der Waals surface area contributed by atoms with Crippen molar-refractivity contribution in [3.63, 3.8) is 0 Å². The Morgan fingerprint density at radius 2 is 1.55 bits per heavy atom. The summed E-state index contributed by atoms with van der Waals surface area (Å²) in [7, 11) is -1.60. The van der Waals surface area contributed by atoms with E-state index in [1.807, 2.05) is 36.4 Å². The molecule has 3 aromatic rings. The molecule has 0 saturated heterocycles. The first-order valence-electron chi connectivity index (χ1n) is 10.5. The number of nitrogens with one attached hydrogen (secondary N) is 1. The van der Waals surface area contributed by atoms with Gasteiger partial charge in [0.25, 0.3) is 14.2 Å². The highest BCUT2D eigenvalue weighted by Crippen LogP contribution is 2.38. The molecule has 174 valence electrons. The van der Waals surface area contributed by atoms with Gasteiger partial charge in [0.1, 0.15) is 6.10 Å². The Balaban J connectivity index is 2.04. The molecule has 1 heterocycles. The number of carbonyl (C=O) groups is 2. The molecule has 0 aliphatic rings. The number of thiophene rings is 1. The number of hydrogen-bond donors (Lipinski definition) is 1. The van der Waals surface area contributed by atoms with Crippen molar-refractivity contribution in [2.75, 3.05) is 17.8 Å². The Kier molecular flexibility index (Phi) is 8.28. The van der Waals surface area contributed by atoms with Crippen LogP contribution < -0.4 is 15.7 Å². The molecule has 0 spiro atoms. The van der Waals surface area contributed by atoms with E-state index < -0.39 is 20.4 Å². The molecule has 0 bridgehead atoms. The van der Waals surface area contributed by atoms with Crippen LogP contribution in [0.3, 0.4) is 0 Å². The Morgan fingerprint density at radius 1 is 1.00 bits per heavy atom. The van der Waals surface area contributed by atoms with Gasteiger partial charge in [-0.05, 0) is 15.4 Å². The summed E-state index contributed by atoms with van der Waals surface area (Å²) in [5, 5.41) is 8.47. The number of carbonyl (C=O) groups excluding carboxylic acids is 2. The van der Waals surface area contributed by atoms with Gasteiger partial charge in [0.2, 0.25) is 0 Å². The molecule has 1 amide bonds. The standard InChI is InChI=1S/C25H28BrNO4SSi/c1-25(2,3)33(18-11-7-5-8-12-18,19-13-9-6-10-14-19)31-22(15-26)23(28)27-21-17-32-16-20(21)24(29)30-4/h5-14,16-17,22H,15H2,1-4H3,(H,27,28)/t22-/m1/s1. The molecule has 3 rings (SSSR count). The molecule has 0 saturated carbocycles. The van der Waals surface area contributed by atoms with E-state index >= 15 is 0 Å². The van der Waals surface area contributed by atoms with Crippen molar-refractivity contribution in [1.82, 2.24) is 0 Å². The second-order valence-corrected chi connectivity index (χ2v) is 14.2. The van der Waals surface area contributed by atoms with Crippen LogP contribution in [-0.2, 0) is 14.0 Å².